The van der Waals surface area contributed by atoms with Crippen LogP contribution in [0.5, 0.6) is 0 Å². The van der Waals surface area contributed by atoms with Crippen LogP contribution < -0.4 is 5.73 Å². The van der Waals surface area contributed by atoms with Crippen LogP contribution in [0.25, 0.3) is 0 Å². The van der Waals surface area contributed by atoms with E-state index in [4.69, 9.17) is 10.8 Å². The van der Waals surface area contributed by atoms with Gasteiger partial charge in [-0.05, 0) is 6.42 Å². The Labute approximate surface area is 63.1 Å². The Balaban J connectivity index is 2.80. The van der Waals surface area contributed by atoms with Crippen molar-refractivity contribution in [2.45, 2.75) is 12.5 Å². The van der Waals surface area contributed by atoms with Crippen LogP contribution in [0, 0.1) is 5.41 Å². The maximum absolute atomic E-state index is 10.9. The number of esters is 1. The van der Waals surface area contributed by atoms with Gasteiger partial charge in [-0.2, -0.15) is 0 Å². The minimum atomic E-state index is -1.45. The molecule has 62 valence electrons. The summed E-state index contributed by atoms with van der Waals surface area (Å²) in [5.74, 6) is -1.95. The summed E-state index contributed by atoms with van der Waals surface area (Å²) in [6.07, 6.45) is 0.176. The number of carbonyl (C=O) groups excluding carboxylic acids is 1. The molecule has 3 N–H and O–H groups in total. The number of methoxy groups -OCH3 is 1. The lowest BCUT2D eigenvalue weighted by molar-refractivity contribution is -0.159. The molecule has 1 saturated carbocycles. The quantitative estimate of drug-likeness (QED) is 0.397. The molecule has 0 saturated heterocycles. The Morgan fingerprint density at radius 3 is 2.27 bits per heavy atom. The van der Waals surface area contributed by atoms with Gasteiger partial charge in [0.2, 0.25) is 0 Å². The summed E-state index contributed by atoms with van der Waals surface area (Å²) < 4.78 is 4.31. The molecule has 0 aromatic heterocycles. The minimum Gasteiger partial charge on any atom is -0.480 e. The highest BCUT2D eigenvalue weighted by molar-refractivity contribution is 6.03. The fourth-order valence-electron chi connectivity index (χ4n) is 1.04. The van der Waals surface area contributed by atoms with Crippen molar-refractivity contribution >= 4 is 11.9 Å². The molecule has 1 fully saturated rings. The van der Waals surface area contributed by atoms with Crippen LogP contribution in [0.2, 0.25) is 0 Å². The van der Waals surface area contributed by atoms with Crippen molar-refractivity contribution < 1.29 is 19.4 Å². The van der Waals surface area contributed by atoms with Crippen LogP contribution >= 0.6 is 0 Å². The van der Waals surface area contributed by atoms with Crippen LogP contribution in [-0.4, -0.2) is 30.2 Å². The largest absolute Gasteiger partial charge is 0.480 e. The number of aliphatic carboxylic acids is 1. The molecule has 2 unspecified atom stereocenters. The van der Waals surface area contributed by atoms with Crippen LogP contribution in [0.1, 0.15) is 6.42 Å². The van der Waals surface area contributed by atoms with Gasteiger partial charge in [0.05, 0.1) is 7.11 Å². The van der Waals surface area contributed by atoms with Gasteiger partial charge in [0, 0.05) is 6.04 Å². The Morgan fingerprint density at radius 2 is 2.18 bits per heavy atom. The molecule has 0 amide bonds. The van der Waals surface area contributed by atoms with E-state index in [1.807, 2.05) is 0 Å². The smallest absolute Gasteiger partial charge is 0.324 e. The van der Waals surface area contributed by atoms with Crippen molar-refractivity contribution in [3.05, 3.63) is 0 Å². The standard InChI is InChI=1S/C6H9NO4/c1-11-5(10)6(4(8)9)2-3(6)7/h3H,2,7H2,1H3,(H,8,9). The number of rotatable bonds is 2. The summed E-state index contributed by atoms with van der Waals surface area (Å²) in [4.78, 5) is 21.4. The SMILES string of the molecule is COC(=O)C1(C(=O)O)CC1N. The number of hydrogen-bond acceptors (Lipinski definition) is 4. The zero-order valence-electron chi connectivity index (χ0n) is 6.03. The molecular formula is C6H9NO4. The maximum atomic E-state index is 10.9. The van der Waals surface area contributed by atoms with Gasteiger partial charge in [0.15, 0.2) is 5.41 Å². The molecule has 1 rings (SSSR count). The van der Waals surface area contributed by atoms with Crippen LogP contribution in [-0.2, 0) is 14.3 Å². The predicted octanol–water partition coefficient (Wildman–Crippen LogP) is -1.04. The lowest BCUT2D eigenvalue weighted by atomic mass is 10.1. The van der Waals surface area contributed by atoms with E-state index < -0.39 is 23.4 Å². The summed E-state index contributed by atoms with van der Waals surface area (Å²) >= 11 is 0. The summed E-state index contributed by atoms with van der Waals surface area (Å²) in [5.41, 5.74) is 3.85. The number of ether oxygens (including phenoxy) is 1. The fraction of sp³-hybridized carbons (Fsp3) is 0.667. The van der Waals surface area contributed by atoms with Crippen molar-refractivity contribution in [2.75, 3.05) is 7.11 Å². The third kappa shape index (κ3) is 0.883. The first-order chi connectivity index (χ1) is 5.05. The van der Waals surface area contributed by atoms with E-state index in [0.717, 1.165) is 7.11 Å². The minimum absolute atomic E-state index is 0.176. The van der Waals surface area contributed by atoms with E-state index in [-0.39, 0.29) is 6.42 Å². The number of carboxylic acids is 1. The van der Waals surface area contributed by atoms with Gasteiger partial charge in [0.25, 0.3) is 0 Å². The van der Waals surface area contributed by atoms with E-state index >= 15 is 0 Å². The summed E-state index contributed by atoms with van der Waals surface area (Å²) in [5, 5.41) is 8.59. The maximum Gasteiger partial charge on any atom is 0.324 e. The van der Waals surface area contributed by atoms with Crippen molar-refractivity contribution in [3.63, 3.8) is 0 Å². The lowest BCUT2D eigenvalue weighted by Crippen LogP contribution is -2.32. The van der Waals surface area contributed by atoms with Gasteiger partial charge in [-0.3, -0.25) is 9.59 Å². The second-order valence-electron chi connectivity index (χ2n) is 2.58. The monoisotopic (exact) mass is 159 g/mol. The topological polar surface area (TPSA) is 89.6 Å². The van der Waals surface area contributed by atoms with Crippen LogP contribution in [0.3, 0.4) is 0 Å². The van der Waals surface area contributed by atoms with Gasteiger partial charge in [-0.15, -0.1) is 0 Å². The van der Waals surface area contributed by atoms with E-state index in [1.54, 1.807) is 0 Å². The lowest BCUT2D eigenvalue weighted by Gasteiger charge is -2.06. The summed E-state index contributed by atoms with van der Waals surface area (Å²) in [7, 11) is 1.15. The van der Waals surface area contributed by atoms with Gasteiger partial charge in [-0.25, -0.2) is 0 Å². The average Bonchev–Trinajstić information content (AvgIpc) is 2.61. The Kier molecular flexibility index (Phi) is 1.60. The summed E-state index contributed by atoms with van der Waals surface area (Å²) in [6, 6.07) is -0.590. The third-order valence-electron chi connectivity index (χ3n) is 1.95. The highest BCUT2D eigenvalue weighted by atomic mass is 16.5. The van der Waals surface area contributed by atoms with Crippen molar-refractivity contribution in [2.24, 2.45) is 11.1 Å². The molecule has 0 radical (unpaired) electrons. The highest BCUT2D eigenvalue weighted by Gasteiger charge is 2.66. The molecule has 5 nitrogen and oxygen atoms in total. The van der Waals surface area contributed by atoms with E-state index in [0.29, 0.717) is 0 Å². The van der Waals surface area contributed by atoms with Crippen molar-refractivity contribution in [1.29, 1.82) is 0 Å². The van der Waals surface area contributed by atoms with E-state index in [1.165, 1.54) is 0 Å². The first-order valence-electron chi connectivity index (χ1n) is 3.13. The number of hydrogen-bond donors (Lipinski definition) is 2. The van der Waals surface area contributed by atoms with Gasteiger partial charge in [0.1, 0.15) is 0 Å². The molecule has 5 heteroatoms. The zero-order chi connectivity index (χ0) is 8.65. The number of carbonyl (C=O) groups is 2. The average molecular weight is 159 g/mol. The molecule has 0 heterocycles. The van der Waals surface area contributed by atoms with Crippen LogP contribution in [0.15, 0.2) is 0 Å². The normalized spacial score (nSPS) is 34.5. The molecule has 1 aliphatic rings. The highest BCUT2D eigenvalue weighted by Crippen LogP contribution is 2.45. The first-order valence-corrected chi connectivity index (χ1v) is 3.13. The van der Waals surface area contributed by atoms with Crippen LogP contribution in [0.4, 0.5) is 0 Å². The molecule has 11 heavy (non-hydrogen) atoms. The van der Waals surface area contributed by atoms with Gasteiger partial charge >= 0.3 is 11.9 Å². The Bertz CT molecular complexity index is 215. The molecule has 0 bridgehead atoms. The zero-order valence-corrected chi connectivity index (χ0v) is 6.03. The Hall–Kier alpha value is -1.10. The van der Waals surface area contributed by atoms with Gasteiger partial charge in [-0.1, -0.05) is 0 Å². The van der Waals surface area contributed by atoms with E-state index in [2.05, 4.69) is 4.74 Å². The molecule has 0 aliphatic heterocycles. The Morgan fingerprint density at radius 1 is 1.73 bits per heavy atom. The van der Waals surface area contributed by atoms with Gasteiger partial charge < -0.3 is 15.6 Å². The molecule has 0 aromatic carbocycles. The molecule has 0 spiro atoms. The second kappa shape index (κ2) is 2.20. The van der Waals surface area contributed by atoms with Crippen molar-refractivity contribution in [1.82, 2.24) is 0 Å². The third-order valence-corrected chi connectivity index (χ3v) is 1.95. The number of nitrogens with two attached hydrogens (primary N) is 1. The molecule has 0 aromatic rings. The molecular weight excluding hydrogens is 150 g/mol. The van der Waals surface area contributed by atoms with Crippen molar-refractivity contribution in [3.8, 4) is 0 Å². The van der Waals surface area contributed by atoms with E-state index in [9.17, 15) is 9.59 Å². The summed E-state index contributed by atoms with van der Waals surface area (Å²) in [6.45, 7) is 0. The predicted molar refractivity (Wildman–Crippen MR) is 34.7 cm³/mol. The fourth-order valence-corrected chi connectivity index (χ4v) is 1.04. The first kappa shape index (κ1) is 8.00. The second-order valence-corrected chi connectivity index (χ2v) is 2.58. The molecule has 1 aliphatic carbocycles. The number of carboxylic acid groups (broad SMARTS) is 1. The molecule has 2 atom stereocenters.